The Labute approximate surface area is 100 Å². The summed E-state index contributed by atoms with van der Waals surface area (Å²) in [6, 6.07) is 3.66. The smallest absolute Gasteiger partial charge is 0.128 e. The highest BCUT2D eigenvalue weighted by atomic mass is 35.5. The Morgan fingerprint density at radius 3 is 3.06 bits per heavy atom. The second-order valence-electron chi connectivity index (χ2n) is 4.21. The lowest BCUT2D eigenvalue weighted by Crippen LogP contribution is -2.09. The maximum atomic E-state index is 9.98. The molecule has 16 heavy (non-hydrogen) atoms. The first-order chi connectivity index (χ1) is 7.61. The number of aliphatic hydroxyl groups is 1. The van der Waals surface area contributed by atoms with Gasteiger partial charge in [-0.05, 0) is 37.6 Å². The van der Waals surface area contributed by atoms with Gasteiger partial charge in [-0.15, -0.1) is 0 Å². The van der Waals surface area contributed by atoms with Crippen LogP contribution < -0.4 is 10.5 Å². The normalized spacial score (nSPS) is 20.4. The summed E-state index contributed by atoms with van der Waals surface area (Å²) in [5.41, 5.74) is 7.28. The summed E-state index contributed by atoms with van der Waals surface area (Å²) in [4.78, 5) is 0. The summed E-state index contributed by atoms with van der Waals surface area (Å²) in [5.74, 6) is 0.790. The third-order valence-corrected chi connectivity index (χ3v) is 3.00. The third-order valence-electron chi connectivity index (χ3n) is 2.78. The lowest BCUT2D eigenvalue weighted by molar-refractivity contribution is 0.162. The van der Waals surface area contributed by atoms with Crippen LogP contribution in [-0.4, -0.2) is 17.8 Å². The van der Waals surface area contributed by atoms with Gasteiger partial charge >= 0.3 is 0 Å². The molecule has 1 aliphatic heterocycles. The molecule has 2 unspecified atom stereocenters. The lowest BCUT2D eigenvalue weighted by atomic mass is 10.0. The first kappa shape index (κ1) is 11.7. The summed E-state index contributed by atoms with van der Waals surface area (Å²) in [5, 5.41) is 10.6. The molecule has 0 amide bonds. The minimum absolute atomic E-state index is 0.150. The quantitative estimate of drug-likeness (QED) is 0.852. The molecule has 0 aliphatic carbocycles. The molecule has 88 valence electrons. The van der Waals surface area contributed by atoms with Crippen LogP contribution in [0.4, 0.5) is 0 Å². The van der Waals surface area contributed by atoms with E-state index in [0.29, 0.717) is 18.0 Å². The van der Waals surface area contributed by atoms with Crippen molar-refractivity contribution in [3.63, 3.8) is 0 Å². The van der Waals surface area contributed by atoms with Crippen LogP contribution in [0.2, 0.25) is 5.02 Å². The number of rotatable bonds is 3. The first-order valence-corrected chi connectivity index (χ1v) is 5.86. The molecule has 0 bridgehead atoms. The molecule has 2 atom stereocenters. The topological polar surface area (TPSA) is 55.5 Å². The van der Waals surface area contributed by atoms with Crippen molar-refractivity contribution in [3.05, 3.63) is 28.3 Å². The molecule has 1 aromatic rings. The SMILES string of the molecule is CC1Cc2cc(Cl)cc(C(O)CCN)c2O1. The number of ether oxygens (including phenoxy) is 1. The zero-order chi connectivity index (χ0) is 11.7. The maximum absolute atomic E-state index is 9.98. The van der Waals surface area contributed by atoms with E-state index in [1.807, 2.05) is 13.0 Å². The van der Waals surface area contributed by atoms with E-state index in [-0.39, 0.29) is 6.10 Å². The van der Waals surface area contributed by atoms with Gasteiger partial charge in [0, 0.05) is 17.0 Å². The van der Waals surface area contributed by atoms with Crippen LogP contribution >= 0.6 is 11.6 Å². The molecule has 1 aliphatic rings. The molecule has 0 fully saturated rings. The Morgan fingerprint density at radius 2 is 2.38 bits per heavy atom. The Kier molecular flexibility index (Phi) is 3.38. The zero-order valence-electron chi connectivity index (χ0n) is 9.24. The molecule has 1 heterocycles. The van der Waals surface area contributed by atoms with E-state index in [1.165, 1.54) is 0 Å². The summed E-state index contributed by atoms with van der Waals surface area (Å²) in [6.45, 7) is 2.45. The third kappa shape index (κ3) is 2.17. The van der Waals surface area contributed by atoms with Crippen molar-refractivity contribution in [2.75, 3.05) is 6.54 Å². The fraction of sp³-hybridized carbons (Fsp3) is 0.500. The molecule has 4 heteroatoms. The van der Waals surface area contributed by atoms with Gasteiger partial charge in [-0.2, -0.15) is 0 Å². The van der Waals surface area contributed by atoms with Crippen molar-refractivity contribution in [2.45, 2.75) is 32.0 Å². The van der Waals surface area contributed by atoms with Crippen LogP contribution in [-0.2, 0) is 6.42 Å². The largest absolute Gasteiger partial charge is 0.490 e. The van der Waals surface area contributed by atoms with Gasteiger partial charge in [0.25, 0.3) is 0 Å². The minimum atomic E-state index is -0.595. The number of fused-ring (bicyclic) bond motifs is 1. The van der Waals surface area contributed by atoms with E-state index in [9.17, 15) is 5.11 Å². The number of benzene rings is 1. The average molecular weight is 242 g/mol. The van der Waals surface area contributed by atoms with Crippen molar-refractivity contribution >= 4 is 11.6 Å². The summed E-state index contributed by atoms with van der Waals surface area (Å²) < 4.78 is 5.70. The Hall–Kier alpha value is -0.770. The summed E-state index contributed by atoms with van der Waals surface area (Å²) in [6.07, 6.45) is 0.919. The van der Waals surface area contributed by atoms with Gasteiger partial charge in [-0.3, -0.25) is 0 Å². The summed E-state index contributed by atoms with van der Waals surface area (Å²) >= 11 is 6.02. The van der Waals surface area contributed by atoms with Crippen LogP contribution in [0, 0.1) is 0 Å². The van der Waals surface area contributed by atoms with E-state index in [4.69, 9.17) is 22.1 Å². The lowest BCUT2D eigenvalue weighted by Gasteiger charge is -2.15. The van der Waals surface area contributed by atoms with Gasteiger partial charge in [0.15, 0.2) is 0 Å². The molecule has 0 saturated heterocycles. The predicted octanol–water partition coefficient (Wildman–Crippen LogP) is 2.05. The van der Waals surface area contributed by atoms with Crippen molar-refractivity contribution < 1.29 is 9.84 Å². The molecular formula is C12H16ClNO2. The van der Waals surface area contributed by atoms with E-state index in [2.05, 4.69) is 0 Å². The second kappa shape index (κ2) is 4.62. The van der Waals surface area contributed by atoms with Crippen LogP contribution in [0.15, 0.2) is 12.1 Å². The van der Waals surface area contributed by atoms with Gasteiger partial charge in [0.1, 0.15) is 11.9 Å². The molecule has 2 rings (SSSR count). The van der Waals surface area contributed by atoms with E-state index < -0.39 is 6.10 Å². The number of halogens is 1. The van der Waals surface area contributed by atoms with Gasteiger partial charge in [0.05, 0.1) is 6.10 Å². The molecule has 3 nitrogen and oxygen atoms in total. The van der Waals surface area contributed by atoms with Gasteiger partial charge < -0.3 is 15.6 Å². The van der Waals surface area contributed by atoms with Crippen LogP contribution in [0.1, 0.15) is 30.6 Å². The van der Waals surface area contributed by atoms with Crippen molar-refractivity contribution in [2.24, 2.45) is 5.73 Å². The average Bonchev–Trinajstić information content (AvgIpc) is 2.57. The number of nitrogens with two attached hydrogens (primary N) is 1. The van der Waals surface area contributed by atoms with Gasteiger partial charge in [-0.25, -0.2) is 0 Å². The number of aliphatic hydroxyl groups excluding tert-OH is 1. The van der Waals surface area contributed by atoms with Crippen LogP contribution in [0.3, 0.4) is 0 Å². The summed E-state index contributed by atoms with van der Waals surface area (Å²) in [7, 11) is 0. The monoisotopic (exact) mass is 241 g/mol. The highest BCUT2D eigenvalue weighted by Gasteiger charge is 2.25. The zero-order valence-corrected chi connectivity index (χ0v) is 10.00. The molecule has 3 N–H and O–H groups in total. The number of hydrogen-bond acceptors (Lipinski definition) is 3. The van der Waals surface area contributed by atoms with E-state index >= 15 is 0 Å². The van der Waals surface area contributed by atoms with Crippen molar-refractivity contribution in [3.8, 4) is 5.75 Å². The number of hydrogen-bond donors (Lipinski definition) is 2. The molecule has 0 spiro atoms. The van der Waals surface area contributed by atoms with E-state index in [0.717, 1.165) is 23.3 Å². The van der Waals surface area contributed by atoms with Crippen molar-refractivity contribution in [1.29, 1.82) is 0 Å². The Bertz CT molecular complexity index is 395. The Morgan fingerprint density at radius 1 is 1.62 bits per heavy atom. The van der Waals surface area contributed by atoms with Crippen LogP contribution in [0.25, 0.3) is 0 Å². The minimum Gasteiger partial charge on any atom is -0.490 e. The van der Waals surface area contributed by atoms with Crippen LogP contribution in [0.5, 0.6) is 5.75 Å². The fourth-order valence-corrected chi connectivity index (χ4v) is 2.33. The molecule has 0 saturated carbocycles. The van der Waals surface area contributed by atoms with E-state index in [1.54, 1.807) is 6.07 Å². The second-order valence-corrected chi connectivity index (χ2v) is 4.65. The molecular weight excluding hydrogens is 226 g/mol. The van der Waals surface area contributed by atoms with Gasteiger partial charge in [-0.1, -0.05) is 11.6 Å². The Balaban J connectivity index is 2.38. The maximum Gasteiger partial charge on any atom is 0.128 e. The highest BCUT2D eigenvalue weighted by Crippen LogP contribution is 2.38. The highest BCUT2D eigenvalue weighted by molar-refractivity contribution is 6.30. The van der Waals surface area contributed by atoms with Gasteiger partial charge in [0.2, 0.25) is 0 Å². The molecule has 0 radical (unpaired) electrons. The molecule has 0 aromatic heterocycles. The molecule has 1 aromatic carbocycles. The predicted molar refractivity (Wildman–Crippen MR) is 63.9 cm³/mol. The fourth-order valence-electron chi connectivity index (χ4n) is 2.08. The first-order valence-electron chi connectivity index (χ1n) is 5.49. The van der Waals surface area contributed by atoms with Crippen molar-refractivity contribution in [1.82, 2.24) is 0 Å². The standard InChI is InChI=1S/C12H16ClNO2/c1-7-4-8-5-9(13)6-10(12(8)16-7)11(15)2-3-14/h5-7,11,15H,2-4,14H2,1H3.